The molecule has 1 aliphatic rings. The van der Waals surface area contributed by atoms with Gasteiger partial charge < -0.3 is 9.32 Å². The Labute approximate surface area is 297 Å². The third kappa shape index (κ3) is 4.71. The first kappa shape index (κ1) is 29.5. The molecule has 0 bridgehead atoms. The molecule has 10 rings (SSSR count). The van der Waals surface area contributed by atoms with E-state index in [1.54, 1.807) is 0 Å². The summed E-state index contributed by atoms with van der Waals surface area (Å²) in [5.74, 6) is 0. The number of nitrogens with zero attached hydrogens (tertiary/aromatic N) is 1. The molecule has 242 valence electrons. The Hall–Kier alpha value is -6.38. The molecule has 1 aromatic heterocycles. The topological polar surface area (TPSA) is 16.4 Å². The van der Waals surface area contributed by atoms with E-state index >= 15 is 0 Å². The lowest BCUT2D eigenvalue weighted by molar-refractivity contribution is 0.660. The van der Waals surface area contributed by atoms with Gasteiger partial charge in [-0.3, -0.25) is 0 Å². The van der Waals surface area contributed by atoms with Crippen molar-refractivity contribution >= 4 is 49.8 Å². The van der Waals surface area contributed by atoms with Crippen LogP contribution in [0, 0.1) is 0 Å². The van der Waals surface area contributed by atoms with Crippen molar-refractivity contribution in [1.82, 2.24) is 0 Å². The second-order valence-electron chi connectivity index (χ2n) is 14.2. The second-order valence-corrected chi connectivity index (χ2v) is 14.2. The molecule has 8 aromatic carbocycles. The summed E-state index contributed by atoms with van der Waals surface area (Å²) in [6, 6.07) is 63.8. The lowest BCUT2D eigenvalue weighted by Crippen LogP contribution is -2.16. The molecule has 1 heterocycles. The summed E-state index contributed by atoms with van der Waals surface area (Å²) in [6.45, 7) is 4.69. The van der Waals surface area contributed by atoms with Gasteiger partial charge in [0, 0.05) is 33.1 Å². The van der Waals surface area contributed by atoms with Crippen molar-refractivity contribution in [1.29, 1.82) is 0 Å². The van der Waals surface area contributed by atoms with Crippen molar-refractivity contribution in [3.8, 4) is 33.4 Å². The fourth-order valence-corrected chi connectivity index (χ4v) is 8.25. The van der Waals surface area contributed by atoms with Crippen LogP contribution < -0.4 is 4.90 Å². The average molecular weight is 654 g/mol. The molecule has 0 fully saturated rings. The van der Waals surface area contributed by atoms with Crippen LogP contribution in [-0.4, -0.2) is 0 Å². The Balaban J connectivity index is 1.11. The van der Waals surface area contributed by atoms with Gasteiger partial charge in [0.1, 0.15) is 11.2 Å². The van der Waals surface area contributed by atoms with Gasteiger partial charge >= 0.3 is 0 Å². The van der Waals surface area contributed by atoms with E-state index in [1.807, 2.05) is 12.1 Å². The minimum atomic E-state index is -0.0895. The minimum Gasteiger partial charge on any atom is -0.456 e. The summed E-state index contributed by atoms with van der Waals surface area (Å²) >= 11 is 0. The lowest BCUT2D eigenvalue weighted by Gasteiger charge is -2.29. The van der Waals surface area contributed by atoms with Gasteiger partial charge in [0.2, 0.25) is 0 Å². The maximum atomic E-state index is 6.17. The summed E-state index contributed by atoms with van der Waals surface area (Å²) in [4.78, 5) is 2.44. The SMILES string of the molecule is CC1(C)c2ccccc2-c2c(N(c3ccc(-c4ccc5cc6oc7ccccc7c6cc5c4)cc3)c3cccc(-c4ccccc4)c3)cccc21. The Kier molecular flexibility index (Phi) is 6.56. The molecule has 0 radical (unpaired) electrons. The molecular weight excluding hydrogens is 619 g/mol. The molecule has 51 heavy (non-hydrogen) atoms. The molecular formula is C49H35NO. The van der Waals surface area contributed by atoms with E-state index in [-0.39, 0.29) is 5.41 Å². The average Bonchev–Trinajstić information content (AvgIpc) is 3.66. The summed E-state index contributed by atoms with van der Waals surface area (Å²) < 4.78 is 6.17. The van der Waals surface area contributed by atoms with E-state index in [1.165, 1.54) is 61.0 Å². The number of rotatable bonds is 5. The van der Waals surface area contributed by atoms with Gasteiger partial charge in [0.15, 0.2) is 0 Å². The predicted molar refractivity (Wildman–Crippen MR) is 214 cm³/mol. The van der Waals surface area contributed by atoms with Gasteiger partial charge in [-0.2, -0.15) is 0 Å². The van der Waals surface area contributed by atoms with Crippen molar-refractivity contribution in [3.63, 3.8) is 0 Å². The smallest absolute Gasteiger partial charge is 0.136 e. The standard InChI is InChI=1S/C49H35NO/c1-49(2)43-18-8-6-17-41(43)48-44(49)19-11-20-45(48)50(39-15-10-14-34(29-39)32-12-4-3-5-13-32)38-26-24-33(25-27-38)35-22-23-36-31-47-42(30-37(36)28-35)40-16-7-9-21-46(40)51-47/h3-31H,1-2H3. The number of hydrogen-bond acceptors (Lipinski definition) is 2. The maximum Gasteiger partial charge on any atom is 0.136 e. The summed E-state index contributed by atoms with van der Waals surface area (Å²) in [7, 11) is 0. The molecule has 0 N–H and O–H groups in total. The fraction of sp³-hybridized carbons (Fsp3) is 0.0612. The molecule has 0 unspecified atom stereocenters. The van der Waals surface area contributed by atoms with Gasteiger partial charge in [0.25, 0.3) is 0 Å². The van der Waals surface area contributed by atoms with E-state index in [0.717, 1.165) is 33.3 Å². The normalized spacial score (nSPS) is 13.1. The van der Waals surface area contributed by atoms with Gasteiger partial charge in [-0.1, -0.05) is 135 Å². The van der Waals surface area contributed by atoms with E-state index < -0.39 is 0 Å². The summed E-state index contributed by atoms with van der Waals surface area (Å²) in [5, 5.41) is 4.68. The van der Waals surface area contributed by atoms with Gasteiger partial charge in [-0.05, 0) is 104 Å². The Morgan fingerprint density at radius 1 is 0.431 bits per heavy atom. The van der Waals surface area contributed by atoms with Crippen LogP contribution >= 0.6 is 0 Å². The van der Waals surface area contributed by atoms with Gasteiger partial charge in [-0.25, -0.2) is 0 Å². The van der Waals surface area contributed by atoms with E-state index in [2.05, 4.69) is 183 Å². The largest absolute Gasteiger partial charge is 0.456 e. The number of fused-ring (bicyclic) bond motifs is 7. The first-order valence-electron chi connectivity index (χ1n) is 17.7. The van der Waals surface area contributed by atoms with Crippen LogP contribution in [0.25, 0.3) is 66.1 Å². The molecule has 2 nitrogen and oxygen atoms in total. The van der Waals surface area contributed by atoms with Crippen LogP contribution in [0.4, 0.5) is 17.1 Å². The first-order valence-corrected chi connectivity index (χ1v) is 17.7. The fourth-order valence-electron chi connectivity index (χ4n) is 8.25. The number of anilines is 3. The molecule has 0 amide bonds. The monoisotopic (exact) mass is 653 g/mol. The summed E-state index contributed by atoms with van der Waals surface area (Å²) in [5.41, 5.74) is 15.3. The van der Waals surface area contributed by atoms with E-state index in [9.17, 15) is 0 Å². The first-order chi connectivity index (χ1) is 25.0. The number of hydrogen-bond donors (Lipinski definition) is 0. The van der Waals surface area contributed by atoms with E-state index in [0.29, 0.717) is 0 Å². The zero-order valence-electron chi connectivity index (χ0n) is 28.6. The Morgan fingerprint density at radius 3 is 2.00 bits per heavy atom. The maximum absolute atomic E-state index is 6.17. The van der Waals surface area contributed by atoms with Crippen LogP contribution in [-0.2, 0) is 5.41 Å². The highest BCUT2D eigenvalue weighted by Gasteiger charge is 2.37. The van der Waals surface area contributed by atoms with Crippen molar-refractivity contribution in [2.24, 2.45) is 0 Å². The van der Waals surface area contributed by atoms with Crippen LogP contribution in [0.1, 0.15) is 25.0 Å². The van der Waals surface area contributed by atoms with Gasteiger partial charge in [-0.15, -0.1) is 0 Å². The highest BCUT2D eigenvalue weighted by molar-refractivity contribution is 6.10. The Bertz CT molecular complexity index is 2770. The van der Waals surface area contributed by atoms with Gasteiger partial charge in [0.05, 0.1) is 5.69 Å². The predicted octanol–water partition coefficient (Wildman–Crippen LogP) is 13.8. The quantitative estimate of drug-likeness (QED) is 0.184. The molecule has 0 spiro atoms. The van der Waals surface area contributed by atoms with Crippen molar-refractivity contribution < 1.29 is 4.42 Å². The molecule has 0 saturated carbocycles. The summed E-state index contributed by atoms with van der Waals surface area (Å²) in [6.07, 6.45) is 0. The van der Waals surface area contributed by atoms with Crippen molar-refractivity contribution in [3.05, 3.63) is 187 Å². The molecule has 2 heteroatoms. The van der Waals surface area contributed by atoms with Crippen LogP contribution in [0.2, 0.25) is 0 Å². The molecule has 9 aromatic rings. The second kappa shape index (κ2) is 11.3. The van der Waals surface area contributed by atoms with Crippen LogP contribution in [0.3, 0.4) is 0 Å². The zero-order chi connectivity index (χ0) is 34.1. The third-order valence-corrected chi connectivity index (χ3v) is 10.8. The highest BCUT2D eigenvalue weighted by Crippen LogP contribution is 2.54. The molecule has 1 aliphatic carbocycles. The number of para-hydroxylation sites is 1. The Morgan fingerprint density at radius 2 is 1.12 bits per heavy atom. The minimum absolute atomic E-state index is 0.0895. The zero-order valence-corrected chi connectivity index (χ0v) is 28.6. The van der Waals surface area contributed by atoms with Crippen molar-refractivity contribution in [2.75, 3.05) is 4.90 Å². The molecule has 0 saturated heterocycles. The van der Waals surface area contributed by atoms with Crippen LogP contribution in [0.5, 0.6) is 0 Å². The van der Waals surface area contributed by atoms with Crippen LogP contribution in [0.15, 0.2) is 180 Å². The third-order valence-electron chi connectivity index (χ3n) is 10.8. The highest BCUT2D eigenvalue weighted by atomic mass is 16.3. The number of benzene rings is 8. The number of furan rings is 1. The van der Waals surface area contributed by atoms with Crippen molar-refractivity contribution in [2.45, 2.75) is 19.3 Å². The lowest BCUT2D eigenvalue weighted by atomic mass is 9.82. The molecule has 0 atom stereocenters. The van der Waals surface area contributed by atoms with E-state index in [4.69, 9.17) is 4.42 Å². The molecule has 0 aliphatic heterocycles.